The van der Waals surface area contributed by atoms with E-state index in [2.05, 4.69) is 67.5 Å². The Morgan fingerprint density at radius 1 is 0.595 bits per heavy atom. The highest BCUT2D eigenvalue weighted by atomic mass is 32.1. The van der Waals surface area contributed by atoms with Gasteiger partial charge in [-0.25, -0.2) is 0 Å². The van der Waals surface area contributed by atoms with E-state index in [1.807, 2.05) is 84.2 Å². The largest absolute Gasteiger partial charge is 0.394 e. The lowest BCUT2D eigenvalue weighted by molar-refractivity contribution is -0.136. The number of carbonyl (C=O) groups excluding carboxylic acids is 7. The molecule has 5 rings (SSSR count). The number of aliphatic hydroxyl groups is 3. The fraction of sp³-hybridized carbons (Fsp3) is 0.431. The molecule has 0 radical (unpaired) electrons. The highest BCUT2D eigenvalue weighted by Crippen LogP contribution is 2.27. The van der Waals surface area contributed by atoms with Gasteiger partial charge in [-0.2, -0.15) is 25.3 Å². The minimum atomic E-state index is -1.65. The van der Waals surface area contributed by atoms with Gasteiger partial charge < -0.3 is 69.0 Å². The summed E-state index contributed by atoms with van der Waals surface area (Å²) in [7, 11) is 0. The number of amides is 7. The number of hydrogen-bond donors (Lipinski definition) is 15. The standard InChI is InChI=1S/C51H68N10O10S3/c1-28(63)40(24-62)58-50(70)42(26-73)60-51(71)44(29(2)64)61-46(66)37(17-10-11-19-52)55-47(67)38(21-31-23-54-36-16-8-6-14-33(31)36)56-48(68)39(22-32-27-74-43-18-9-7-15-34(32)43)57-49(69)41(25-72)59-45(65)35(53)20-30-12-4-3-5-13-30/h3-9,12-16,18,23,27-29,35,37-42,44,54,62-64,72-73H,10-11,17,19-22,24-26,52-53H2,1-2H3,(H,55,67)(H,56,68)(H,57,69)(H,58,70)(H,59,65)(H,60,71)(H,61,66)/t28-,29-,35-,37+,38-,39-,40-,41+,42+,44+/m1/s1. The number of aromatic nitrogens is 1. The predicted molar refractivity (Wildman–Crippen MR) is 290 cm³/mol. The summed E-state index contributed by atoms with van der Waals surface area (Å²) in [5.41, 5.74) is 15.0. The number of nitrogens with one attached hydrogen (secondary N) is 8. The Morgan fingerprint density at radius 3 is 1.73 bits per heavy atom. The van der Waals surface area contributed by atoms with Crippen molar-refractivity contribution < 1.29 is 48.9 Å². The number of aromatic amines is 1. The zero-order valence-electron chi connectivity index (χ0n) is 41.2. The first kappa shape index (κ1) is 58.8. The van der Waals surface area contributed by atoms with E-state index < -0.39 is 108 Å². The lowest BCUT2D eigenvalue weighted by atomic mass is 10.0. The molecule has 0 bridgehead atoms. The normalized spacial score (nSPS) is 15.5. The third-order valence-electron chi connectivity index (χ3n) is 12.4. The summed E-state index contributed by atoms with van der Waals surface area (Å²) in [6, 6.07) is 13.7. The number of unbranched alkanes of at least 4 members (excludes halogenated alkanes) is 1. The molecule has 3 aromatic carbocycles. The van der Waals surface area contributed by atoms with Crippen LogP contribution in [0.3, 0.4) is 0 Å². The number of thiol groups is 2. The minimum absolute atomic E-state index is 0.00991. The van der Waals surface area contributed by atoms with Gasteiger partial charge in [-0.3, -0.25) is 33.6 Å². The molecule has 2 aromatic heterocycles. The molecule has 0 fully saturated rings. The molecular formula is C51H68N10O10S3. The van der Waals surface area contributed by atoms with Crippen molar-refractivity contribution in [3.05, 3.63) is 107 Å². The zero-order valence-corrected chi connectivity index (χ0v) is 43.8. The van der Waals surface area contributed by atoms with Crippen molar-refractivity contribution in [1.29, 1.82) is 0 Å². The number of rotatable bonds is 29. The van der Waals surface area contributed by atoms with Gasteiger partial charge in [-0.1, -0.05) is 66.7 Å². The number of thiophene rings is 1. The molecule has 5 aromatic rings. The number of hydrogen-bond acceptors (Lipinski definition) is 15. The van der Waals surface area contributed by atoms with Crippen LogP contribution in [0.2, 0.25) is 0 Å². The van der Waals surface area contributed by atoms with Crippen molar-refractivity contribution in [1.82, 2.24) is 42.2 Å². The Bertz CT molecular complexity index is 2670. The van der Waals surface area contributed by atoms with Gasteiger partial charge >= 0.3 is 0 Å². The van der Waals surface area contributed by atoms with Crippen LogP contribution in [-0.2, 0) is 52.8 Å². The third kappa shape index (κ3) is 16.7. The maximum absolute atomic E-state index is 14.8. The van der Waals surface area contributed by atoms with Crippen LogP contribution in [-0.4, -0.2) is 147 Å². The smallest absolute Gasteiger partial charge is 0.245 e. The Kier molecular flexibility index (Phi) is 23.2. The van der Waals surface area contributed by atoms with Crippen molar-refractivity contribution >= 4 is 98.9 Å². The summed E-state index contributed by atoms with van der Waals surface area (Å²) in [6.45, 7) is 2.26. The molecule has 7 amide bonds. The number of benzene rings is 3. The van der Waals surface area contributed by atoms with Crippen molar-refractivity contribution in [2.75, 3.05) is 24.7 Å². The van der Waals surface area contributed by atoms with E-state index in [4.69, 9.17) is 11.5 Å². The molecule has 20 nitrogen and oxygen atoms in total. The molecule has 400 valence electrons. The minimum Gasteiger partial charge on any atom is -0.394 e. The van der Waals surface area contributed by atoms with Crippen LogP contribution in [0.1, 0.15) is 49.8 Å². The molecule has 15 N–H and O–H groups in total. The van der Waals surface area contributed by atoms with Crippen LogP contribution in [0.4, 0.5) is 0 Å². The van der Waals surface area contributed by atoms with Crippen LogP contribution >= 0.6 is 36.6 Å². The first-order valence-corrected chi connectivity index (χ1v) is 26.4. The molecular weight excluding hydrogens is 1010 g/mol. The number of para-hydroxylation sites is 1. The van der Waals surface area contributed by atoms with Crippen LogP contribution < -0.4 is 48.7 Å². The average molecular weight is 1080 g/mol. The quantitative estimate of drug-likeness (QED) is 0.0220. The Hall–Kier alpha value is -6.05. The van der Waals surface area contributed by atoms with Crippen LogP contribution in [0.5, 0.6) is 0 Å². The Morgan fingerprint density at radius 2 is 1.12 bits per heavy atom. The predicted octanol–water partition coefficient (Wildman–Crippen LogP) is -0.126. The maximum atomic E-state index is 14.8. The molecule has 74 heavy (non-hydrogen) atoms. The van der Waals surface area contributed by atoms with E-state index in [9.17, 15) is 48.9 Å². The summed E-state index contributed by atoms with van der Waals surface area (Å²) in [5, 5.41) is 52.2. The van der Waals surface area contributed by atoms with E-state index in [0.29, 0.717) is 18.4 Å². The fourth-order valence-corrected chi connectivity index (χ4v) is 9.57. The number of carbonyl (C=O) groups is 7. The lowest BCUT2D eigenvalue weighted by Gasteiger charge is -2.28. The summed E-state index contributed by atoms with van der Waals surface area (Å²) < 4.78 is 0.933. The third-order valence-corrected chi connectivity index (χ3v) is 14.1. The van der Waals surface area contributed by atoms with Gasteiger partial charge in [-0.15, -0.1) is 11.3 Å². The van der Waals surface area contributed by atoms with Gasteiger partial charge in [-0.05, 0) is 85.7 Å². The summed E-state index contributed by atoms with van der Waals surface area (Å²) in [6.07, 6.45) is -0.104. The molecule has 0 aliphatic carbocycles. The first-order chi connectivity index (χ1) is 35.5. The molecule has 0 aliphatic heterocycles. The van der Waals surface area contributed by atoms with E-state index in [1.54, 1.807) is 6.20 Å². The van der Waals surface area contributed by atoms with Gasteiger partial charge in [0.05, 0.1) is 30.9 Å². The first-order valence-electron chi connectivity index (χ1n) is 24.3. The Labute approximate surface area is 444 Å². The monoisotopic (exact) mass is 1080 g/mol. The van der Waals surface area contributed by atoms with Crippen molar-refractivity contribution in [3.8, 4) is 0 Å². The molecule has 0 aliphatic rings. The van der Waals surface area contributed by atoms with Crippen molar-refractivity contribution in [2.24, 2.45) is 11.5 Å². The van der Waals surface area contributed by atoms with E-state index in [1.165, 1.54) is 25.2 Å². The average Bonchev–Trinajstić information content (AvgIpc) is 4.00. The van der Waals surface area contributed by atoms with E-state index in [0.717, 1.165) is 32.1 Å². The molecule has 0 spiro atoms. The molecule has 0 saturated carbocycles. The van der Waals surface area contributed by atoms with E-state index in [-0.39, 0.29) is 43.7 Å². The molecule has 10 atom stereocenters. The number of aliphatic hydroxyl groups excluding tert-OH is 3. The number of nitrogens with two attached hydrogens (primary N) is 2. The lowest BCUT2D eigenvalue weighted by Crippen LogP contribution is -2.62. The molecule has 2 heterocycles. The highest BCUT2D eigenvalue weighted by Gasteiger charge is 2.36. The van der Waals surface area contributed by atoms with Gasteiger partial charge in [0.1, 0.15) is 36.3 Å². The van der Waals surface area contributed by atoms with Gasteiger partial charge in [0.2, 0.25) is 41.4 Å². The summed E-state index contributed by atoms with van der Waals surface area (Å²) >= 11 is 9.97. The van der Waals surface area contributed by atoms with Gasteiger partial charge in [0.25, 0.3) is 0 Å². The second-order valence-corrected chi connectivity index (χ2v) is 19.7. The van der Waals surface area contributed by atoms with Crippen LogP contribution in [0.15, 0.2) is 90.4 Å². The molecule has 0 saturated heterocycles. The second kappa shape index (κ2) is 29.1. The van der Waals surface area contributed by atoms with Crippen molar-refractivity contribution in [2.45, 2.75) is 113 Å². The fourth-order valence-electron chi connectivity index (χ4n) is 8.08. The molecule has 0 unspecified atom stereocenters. The Balaban J connectivity index is 1.42. The summed E-state index contributed by atoms with van der Waals surface area (Å²) in [5.74, 6) is -5.95. The van der Waals surface area contributed by atoms with Gasteiger partial charge in [0.15, 0.2) is 0 Å². The maximum Gasteiger partial charge on any atom is 0.245 e. The topological polar surface area (TPSA) is 332 Å². The SMILES string of the molecule is C[C@@H](O)[C@H](NC(=O)[C@H](CCCCN)NC(=O)[C@@H](Cc1c[nH]c2ccccc12)NC(=O)[C@@H](Cc1csc2ccccc12)NC(=O)[C@H](CS)NC(=O)[C@H](N)Cc1ccccc1)C(=O)N[C@@H](CS)C(=O)N[C@H](CO)[C@@H](C)O. The van der Waals surface area contributed by atoms with Crippen molar-refractivity contribution in [3.63, 3.8) is 0 Å². The second-order valence-electron chi connectivity index (χ2n) is 18.0. The van der Waals surface area contributed by atoms with Crippen LogP contribution in [0, 0.1) is 0 Å². The number of H-pyrrole nitrogens is 1. The number of fused-ring (bicyclic) bond motifs is 2. The zero-order chi connectivity index (χ0) is 53.9. The highest BCUT2D eigenvalue weighted by molar-refractivity contribution is 7.80. The molecule has 23 heteroatoms. The summed E-state index contributed by atoms with van der Waals surface area (Å²) in [4.78, 5) is 101. The van der Waals surface area contributed by atoms with Gasteiger partial charge in [0, 0.05) is 46.1 Å². The van der Waals surface area contributed by atoms with Crippen LogP contribution in [0.25, 0.3) is 21.0 Å². The van der Waals surface area contributed by atoms with E-state index >= 15 is 0 Å².